The van der Waals surface area contributed by atoms with Crippen molar-refractivity contribution in [1.82, 2.24) is 4.90 Å². The number of phenols is 1. The summed E-state index contributed by atoms with van der Waals surface area (Å²) < 4.78 is 5.21. The maximum Gasteiger partial charge on any atom is 0.160 e. The molecule has 0 bridgehead atoms. The molecule has 1 aliphatic rings. The number of nitrogens with zero attached hydrogens (tertiary/aromatic N) is 1. The van der Waals surface area contributed by atoms with Gasteiger partial charge in [-0.15, -0.1) is 0 Å². The molecule has 1 saturated heterocycles. The molecule has 0 spiro atoms. The highest BCUT2D eigenvalue weighted by Gasteiger charge is 2.23. The van der Waals surface area contributed by atoms with E-state index in [4.69, 9.17) is 4.74 Å². The first-order chi connectivity index (χ1) is 14.1. The van der Waals surface area contributed by atoms with Crippen molar-refractivity contribution in [1.29, 1.82) is 0 Å². The molecule has 0 amide bonds. The highest BCUT2D eigenvalue weighted by atomic mass is 16.5. The standard InChI is InChI=1S/C24H35NO2.C2H6/c1-5-7-20(8-6-2)17-22-13-15-25(16-14-22)19(3)9-10-21-11-12-23(26)24(18-21)27-4;1-2/h5-8,11-12,18-19,22,26H,1,9-10,13-17H2,2-4H3;1-2H3/b8-6-,20-7+;. The van der Waals surface area contributed by atoms with E-state index in [9.17, 15) is 5.11 Å². The predicted octanol–water partition coefficient (Wildman–Crippen LogP) is 6.54. The Morgan fingerprint density at radius 3 is 2.59 bits per heavy atom. The first-order valence-electron chi connectivity index (χ1n) is 11.1. The lowest BCUT2D eigenvalue weighted by Crippen LogP contribution is -2.40. The molecular weight excluding hydrogens is 358 g/mol. The van der Waals surface area contributed by atoms with E-state index in [1.165, 1.54) is 37.1 Å². The highest BCUT2D eigenvalue weighted by molar-refractivity contribution is 5.41. The van der Waals surface area contributed by atoms with Crippen molar-refractivity contribution >= 4 is 0 Å². The molecule has 0 saturated carbocycles. The third kappa shape index (κ3) is 8.49. The highest BCUT2D eigenvalue weighted by Crippen LogP contribution is 2.29. The molecule has 1 heterocycles. The average Bonchev–Trinajstić information content (AvgIpc) is 2.75. The van der Waals surface area contributed by atoms with Crippen LogP contribution < -0.4 is 4.74 Å². The van der Waals surface area contributed by atoms with Crippen LogP contribution in [-0.4, -0.2) is 36.2 Å². The molecule has 1 aliphatic heterocycles. The maximum absolute atomic E-state index is 9.72. The van der Waals surface area contributed by atoms with Crippen LogP contribution in [0.25, 0.3) is 0 Å². The van der Waals surface area contributed by atoms with Gasteiger partial charge in [-0.2, -0.15) is 0 Å². The number of allylic oxidation sites excluding steroid dienone is 5. The molecule has 3 heteroatoms. The minimum Gasteiger partial charge on any atom is -0.504 e. The van der Waals surface area contributed by atoms with Crippen LogP contribution in [0, 0.1) is 5.92 Å². The molecule has 1 atom stereocenters. The van der Waals surface area contributed by atoms with E-state index in [0.717, 1.165) is 25.2 Å². The van der Waals surface area contributed by atoms with Crippen molar-refractivity contribution in [3.05, 3.63) is 60.2 Å². The van der Waals surface area contributed by atoms with Crippen LogP contribution in [0.4, 0.5) is 0 Å². The number of ether oxygens (including phenoxy) is 1. The summed E-state index contributed by atoms with van der Waals surface area (Å²) in [6.45, 7) is 14.6. The molecule has 1 unspecified atom stereocenters. The maximum atomic E-state index is 9.72. The average molecular weight is 400 g/mol. The molecule has 1 aromatic rings. The third-order valence-electron chi connectivity index (χ3n) is 5.60. The molecule has 1 fully saturated rings. The second-order valence-electron chi connectivity index (χ2n) is 7.55. The van der Waals surface area contributed by atoms with Crippen LogP contribution in [-0.2, 0) is 6.42 Å². The SMILES string of the molecule is C=C/C=C(\C=C/C)CC1CCN(C(C)CCc2ccc(O)c(OC)c2)CC1.CC. The van der Waals surface area contributed by atoms with Gasteiger partial charge in [0.05, 0.1) is 7.11 Å². The normalized spacial score (nSPS) is 16.9. The topological polar surface area (TPSA) is 32.7 Å². The second kappa shape index (κ2) is 14.1. The predicted molar refractivity (Wildman–Crippen MR) is 126 cm³/mol. The van der Waals surface area contributed by atoms with Crippen LogP contribution in [0.1, 0.15) is 58.9 Å². The number of piperidine rings is 1. The molecule has 29 heavy (non-hydrogen) atoms. The second-order valence-corrected chi connectivity index (χ2v) is 7.55. The number of hydrogen-bond acceptors (Lipinski definition) is 3. The Labute approximate surface area is 178 Å². The van der Waals surface area contributed by atoms with Crippen molar-refractivity contribution in [2.24, 2.45) is 5.92 Å². The summed E-state index contributed by atoms with van der Waals surface area (Å²) in [6, 6.07) is 6.24. The largest absolute Gasteiger partial charge is 0.504 e. The summed E-state index contributed by atoms with van der Waals surface area (Å²) >= 11 is 0. The summed E-state index contributed by atoms with van der Waals surface area (Å²) in [5, 5.41) is 9.72. The van der Waals surface area contributed by atoms with Crippen molar-refractivity contribution in [3.63, 3.8) is 0 Å². The molecular formula is C26H41NO2. The fraction of sp³-hybridized carbons (Fsp3) is 0.538. The lowest BCUT2D eigenvalue weighted by molar-refractivity contribution is 0.135. The Morgan fingerprint density at radius 1 is 1.31 bits per heavy atom. The van der Waals surface area contributed by atoms with Gasteiger partial charge in [0.25, 0.3) is 0 Å². The lowest BCUT2D eigenvalue weighted by Gasteiger charge is -2.36. The van der Waals surface area contributed by atoms with Crippen LogP contribution in [0.5, 0.6) is 11.5 Å². The Balaban J connectivity index is 0.00000204. The molecule has 162 valence electrons. The molecule has 0 radical (unpaired) electrons. The van der Waals surface area contributed by atoms with Crippen molar-refractivity contribution in [3.8, 4) is 11.5 Å². The lowest BCUT2D eigenvalue weighted by atomic mass is 9.88. The van der Waals surface area contributed by atoms with Gasteiger partial charge in [0.1, 0.15) is 0 Å². The monoisotopic (exact) mass is 399 g/mol. The first kappa shape index (κ1) is 25.0. The third-order valence-corrected chi connectivity index (χ3v) is 5.60. The van der Waals surface area contributed by atoms with Crippen molar-refractivity contribution in [2.75, 3.05) is 20.2 Å². The van der Waals surface area contributed by atoms with E-state index in [0.29, 0.717) is 11.8 Å². The van der Waals surface area contributed by atoms with Gasteiger partial charge < -0.3 is 14.7 Å². The number of rotatable bonds is 9. The zero-order chi connectivity index (χ0) is 21.6. The van der Waals surface area contributed by atoms with Gasteiger partial charge in [-0.05, 0) is 88.2 Å². The van der Waals surface area contributed by atoms with E-state index < -0.39 is 0 Å². The summed E-state index contributed by atoms with van der Waals surface area (Å²) in [6.07, 6.45) is 14.2. The van der Waals surface area contributed by atoms with E-state index in [1.54, 1.807) is 13.2 Å². The number of hydrogen-bond donors (Lipinski definition) is 1. The van der Waals surface area contributed by atoms with E-state index in [2.05, 4.69) is 43.6 Å². The number of phenolic OH excluding ortho intramolecular Hbond substituents is 1. The van der Waals surface area contributed by atoms with Gasteiger partial charge in [-0.3, -0.25) is 0 Å². The molecule has 2 rings (SSSR count). The molecule has 0 aromatic heterocycles. The van der Waals surface area contributed by atoms with Crippen molar-refractivity contribution in [2.45, 2.75) is 65.8 Å². The van der Waals surface area contributed by atoms with E-state index >= 15 is 0 Å². The molecule has 1 N–H and O–H groups in total. The van der Waals surface area contributed by atoms with Crippen molar-refractivity contribution < 1.29 is 9.84 Å². The zero-order valence-corrected chi connectivity index (χ0v) is 19.2. The van der Waals surface area contributed by atoms with Gasteiger partial charge in [-0.1, -0.05) is 50.8 Å². The van der Waals surface area contributed by atoms with E-state index in [1.807, 2.05) is 32.1 Å². The fourth-order valence-corrected chi connectivity index (χ4v) is 3.92. The van der Waals surface area contributed by atoms with Crippen LogP contribution >= 0.6 is 0 Å². The summed E-state index contributed by atoms with van der Waals surface area (Å²) in [4.78, 5) is 2.63. The minimum absolute atomic E-state index is 0.208. The number of methoxy groups -OCH3 is 1. The Morgan fingerprint density at radius 2 is 2.00 bits per heavy atom. The minimum atomic E-state index is 0.208. The smallest absolute Gasteiger partial charge is 0.160 e. The summed E-state index contributed by atoms with van der Waals surface area (Å²) in [5.41, 5.74) is 2.61. The number of aromatic hydroxyl groups is 1. The number of likely N-dealkylation sites (tertiary alicyclic amines) is 1. The fourth-order valence-electron chi connectivity index (χ4n) is 3.92. The number of aryl methyl sites for hydroxylation is 1. The molecule has 1 aromatic carbocycles. The van der Waals surface area contributed by atoms with Gasteiger partial charge in [-0.25, -0.2) is 0 Å². The van der Waals surface area contributed by atoms with Gasteiger partial charge in [0, 0.05) is 6.04 Å². The van der Waals surface area contributed by atoms with Gasteiger partial charge in [0.15, 0.2) is 11.5 Å². The van der Waals surface area contributed by atoms with Crippen LogP contribution in [0.2, 0.25) is 0 Å². The zero-order valence-electron chi connectivity index (χ0n) is 19.2. The molecule has 3 nitrogen and oxygen atoms in total. The van der Waals surface area contributed by atoms with Crippen LogP contribution in [0.15, 0.2) is 54.7 Å². The first-order valence-corrected chi connectivity index (χ1v) is 11.1. The Bertz CT molecular complexity index is 655. The molecule has 0 aliphatic carbocycles. The van der Waals surface area contributed by atoms with Crippen LogP contribution in [0.3, 0.4) is 0 Å². The summed E-state index contributed by atoms with van der Waals surface area (Å²) in [5.74, 6) is 1.54. The van der Waals surface area contributed by atoms with E-state index in [-0.39, 0.29) is 5.75 Å². The summed E-state index contributed by atoms with van der Waals surface area (Å²) in [7, 11) is 1.59. The number of benzene rings is 1. The quantitative estimate of drug-likeness (QED) is 0.479. The van der Waals surface area contributed by atoms with Gasteiger partial charge in [0.2, 0.25) is 0 Å². The van der Waals surface area contributed by atoms with Gasteiger partial charge >= 0.3 is 0 Å². The Kier molecular flexibility index (Phi) is 12.1. The Hall–Kier alpha value is -2.00.